The van der Waals surface area contributed by atoms with Gasteiger partial charge in [-0.3, -0.25) is 9.78 Å². The standard InChI is InChI=1S/C12H21N5O/c1-9(2)6-16-12(18)4-5-15-11-8-14-7-10(13-3)17-11/h7-9H,4-6H2,1-3H3,(H,16,18)(H2,13,15,17). The van der Waals surface area contributed by atoms with E-state index in [4.69, 9.17) is 0 Å². The first kappa shape index (κ1) is 14.2. The summed E-state index contributed by atoms with van der Waals surface area (Å²) in [5, 5.41) is 8.83. The molecule has 0 aliphatic rings. The molecule has 0 fully saturated rings. The van der Waals surface area contributed by atoms with Crippen LogP contribution in [0.5, 0.6) is 0 Å². The van der Waals surface area contributed by atoms with E-state index in [0.29, 0.717) is 37.1 Å². The van der Waals surface area contributed by atoms with Gasteiger partial charge in [-0.05, 0) is 5.92 Å². The summed E-state index contributed by atoms with van der Waals surface area (Å²) in [4.78, 5) is 19.7. The number of hydrogen-bond acceptors (Lipinski definition) is 5. The highest BCUT2D eigenvalue weighted by atomic mass is 16.1. The smallest absolute Gasteiger partial charge is 0.221 e. The van der Waals surface area contributed by atoms with E-state index in [1.807, 2.05) is 0 Å². The highest BCUT2D eigenvalue weighted by Crippen LogP contribution is 2.05. The average Bonchev–Trinajstić information content (AvgIpc) is 2.36. The van der Waals surface area contributed by atoms with Crippen molar-refractivity contribution >= 4 is 17.5 Å². The lowest BCUT2D eigenvalue weighted by Crippen LogP contribution is -2.28. The second-order valence-corrected chi connectivity index (χ2v) is 4.41. The molecule has 6 nitrogen and oxygen atoms in total. The minimum absolute atomic E-state index is 0.0499. The monoisotopic (exact) mass is 251 g/mol. The molecule has 18 heavy (non-hydrogen) atoms. The molecule has 100 valence electrons. The van der Waals surface area contributed by atoms with Crippen molar-refractivity contribution in [2.45, 2.75) is 20.3 Å². The molecule has 1 aromatic heterocycles. The van der Waals surface area contributed by atoms with Gasteiger partial charge in [-0.2, -0.15) is 0 Å². The Morgan fingerprint density at radius 1 is 1.33 bits per heavy atom. The molecule has 0 saturated carbocycles. The Balaban J connectivity index is 2.26. The minimum atomic E-state index is 0.0499. The third-order valence-corrected chi connectivity index (χ3v) is 2.26. The molecule has 3 N–H and O–H groups in total. The van der Waals surface area contributed by atoms with Crippen molar-refractivity contribution in [2.24, 2.45) is 5.92 Å². The normalized spacial score (nSPS) is 10.2. The van der Waals surface area contributed by atoms with Crippen LogP contribution in [0.4, 0.5) is 11.6 Å². The Kier molecular flexibility index (Phi) is 5.90. The molecule has 0 spiro atoms. The molecule has 0 saturated heterocycles. The predicted molar refractivity (Wildman–Crippen MR) is 72.5 cm³/mol. The Morgan fingerprint density at radius 3 is 2.72 bits per heavy atom. The van der Waals surface area contributed by atoms with Gasteiger partial charge in [0, 0.05) is 26.6 Å². The number of nitrogens with one attached hydrogen (secondary N) is 3. The summed E-state index contributed by atoms with van der Waals surface area (Å²) in [6.07, 6.45) is 3.70. The average molecular weight is 251 g/mol. The summed E-state index contributed by atoms with van der Waals surface area (Å²) in [6.45, 7) is 5.40. The number of rotatable bonds is 7. The van der Waals surface area contributed by atoms with Gasteiger partial charge in [0.25, 0.3) is 0 Å². The number of carbonyl (C=O) groups is 1. The van der Waals surface area contributed by atoms with Crippen LogP contribution in [-0.2, 0) is 4.79 Å². The summed E-state index contributed by atoms with van der Waals surface area (Å²) in [5.41, 5.74) is 0. The summed E-state index contributed by atoms with van der Waals surface area (Å²) in [7, 11) is 1.78. The van der Waals surface area contributed by atoms with Crippen molar-refractivity contribution < 1.29 is 4.79 Å². The molecule has 6 heteroatoms. The lowest BCUT2D eigenvalue weighted by atomic mass is 10.2. The van der Waals surface area contributed by atoms with Crippen molar-refractivity contribution in [3.05, 3.63) is 12.4 Å². The topological polar surface area (TPSA) is 78.9 Å². The molecule has 1 rings (SSSR count). The SMILES string of the molecule is CNc1cncc(NCCC(=O)NCC(C)C)n1. The van der Waals surface area contributed by atoms with Gasteiger partial charge < -0.3 is 16.0 Å². The molecular formula is C12H21N5O. The van der Waals surface area contributed by atoms with E-state index in [1.165, 1.54) is 0 Å². The summed E-state index contributed by atoms with van der Waals surface area (Å²) in [5.74, 6) is 1.89. The fourth-order valence-corrected chi connectivity index (χ4v) is 1.28. The zero-order valence-corrected chi connectivity index (χ0v) is 11.2. The molecule has 0 atom stereocenters. The maximum absolute atomic E-state index is 11.5. The van der Waals surface area contributed by atoms with Crippen LogP contribution < -0.4 is 16.0 Å². The van der Waals surface area contributed by atoms with Crippen LogP contribution in [-0.4, -0.2) is 36.0 Å². The van der Waals surface area contributed by atoms with Crippen LogP contribution in [0.1, 0.15) is 20.3 Å². The fourth-order valence-electron chi connectivity index (χ4n) is 1.28. The van der Waals surface area contributed by atoms with E-state index in [2.05, 4.69) is 39.8 Å². The van der Waals surface area contributed by atoms with E-state index in [-0.39, 0.29) is 5.91 Å². The van der Waals surface area contributed by atoms with Crippen LogP contribution >= 0.6 is 0 Å². The van der Waals surface area contributed by atoms with Crippen molar-refractivity contribution in [3.63, 3.8) is 0 Å². The minimum Gasteiger partial charge on any atom is -0.372 e. The molecule has 0 aromatic carbocycles. The number of nitrogens with zero attached hydrogens (tertiary/aromatic N) is 2. The summed E-state index contributed by atoms with van der Waals surface area (Å²) >= 11 is 0. The zero-order chi connectivity index (χ0) is 13.4. The molecule has 0 aliphatic carbocycles. The maximum atomic E-state index is 11.5. The van der Waals surface area contributed by atoms with Crippen LogP contribution in [0, 0.1) is 5.92 Å². The third kappa shape index (κ3) is 5.47. The lowest BCUT2D eigenvalue weighted by Gasteiger charge is -2.09. The molecule has 1 aromatic rings. The van der Waals surface area contributed by atoms with Gasteiger partial charge in [-0.25, -0.2) is 4.98 Å². The molecule has 0 unspecified atom stereocenters. The molecule has 1 amide bonds. The number of anilines is 2. The largest absolute Gasteiger partial charge is 0.372 e. The van der Waals surface area contributed by atoms with E-state index >= 15 is 0 Å². The van der Waals surface area contributed by atoms with Gasteiger partial charge in [0.2, 0.25) is 5.91 Å². The van der Waals surface area contributed by atoms with Gasteiger partial charge in [-0.15, -0.1) is 0 Å². The second kappa shape index (κ2) is 7.47. The maximum Gasteiger partial charge on any atom is 0.221 e. The van der Waals surface area contributed by atoms with Crippen LogP contribution in [0.25, 0.3) is 0 Å². The lowest BCUT2D eigenvalue weighted by molar-refractivity contribution is -0.120. The molecule has 0 bridgehead atoms. The highest BCUT2D eigenvalue weighted by molar-refractivity contribution is 5.76. The third-order valence-electron chi connectivity index (χ3n) is 2.26. The number of amides is 1. The van der Waals surface area contributed by atoms with Gasteiger partial charge >= 0.3 is 0 Å². The molecular weight excluding hydrogens is 230 g/mol. The Morgan fingerprint density at radius 2 is 2.06 bits per heavy atom. The van der Waals surface area contributed by atoms with Crippen LogP contribution in [0.15, 0.2) is 12.4 Å². The van der Waals surface area contributed by atoms with Crippen molar-refractivity contribution in [1.29, 1.82) is 0 Å². The van der Waals surface area contributed by atoms with Crippen molar-refractivity contribution in [1.82, 2.24) is 15.3 Å². The Bertz CT molecular complexity index is 380. The first-order valence-electron chi connectivity index (χ1n) is 6.12. The van der Waals surface area contributed by atoms with E-state index in [9.17, 15) is 4.79 Å². The fraction of sp³-hybridized carbons (Fsp3) is 0.583. The Hall–Kier alpha value is -1.85. The van der Waals surface area contributed by atoms with Crippen LogP contribution in [0.2, 0.25) is 0 Å². The number of hydrogen-bond donors (Lipinski definition) is 3. The predicted octanol–water partition coefficient (Wildman–Crippen LogP) is 1.09. The van der Waals surface area contributed by atoms with E-state index in [0.717, 1.165) is 0 Å². The number of carbonyl (C=O) groups excluding carboxylic acids is 1. The quantitative estimate of drug-likeness (QED) is 0.676. The van der Waals surface area contributed by atoms with Gasteiger partial charge in [0.05, 0.1) is 12.4 Å². The van der Waals surface area contributed by atoms with E-state index in [1.54, 1.807) is 19.4 Å². The summed E-state index contributed by atoms with van der Waals surface area (Å²) < 4.78 is 0. The van der Waals surface area contributed by atoms with Gasteiger partial charge in [0.1, 0.15) is 11.6 Å². The van der Waals surface area contributed by atoms with Crippen molar-refractivity contribution in [3.8, 4) is 0 Å². The molecule has 0 aliphatic heterocycles. The van der Waals surface area contributed by atoms with Gasteiger partial charge in [0.15, 0.2) is 0 Å². The second-order valence-electron chi connectivity index (χ2n) is 4.41. The summed E-state index contributed by atoms with van der Waals surface area (Å²) in [6, 6.07) is 0. The zero-order valence-electron chi connectivity index (χ0n) is 11.2. The first-order valence-corrected chi connectivity index (χ1v) is 6.12. The highest BCUT2D eigenvalue weighted by Gasteiger charge is 2.02. The first-order chi connectivity index (χ1) is 8.61. The number of aromatic nitrogens is 2. The molecule has 0 radical (unpaired) electrons. The van der Waals surface area contributed by atoms with E-state index < -0.39 is 0 Å². The Labute approximate surface area is 108 Å². The van der Waals surface area contributed by atoms with Gasteiger partial charge in [-0.1, -0.05) is 13.8 Å². The van der Waals surface area contributed by atoms with Crippen molar-refractivity contribution in [2.75, 3.05) is 30.8 Å². The molecule has 1 heterocycles. The van der Waals surface area contributed by atoms with Crippen LogP contribution in [0.3, 0.4) is 0 Å².